The number of nitro groups is 1. The van der Waals surface area contributed by atoms with Crippen molar-refractivity contribution in [2.45, 2.75) is 19.4 Å². The third kappa shape index (κ3) is 4.50. The lowest BCUT2D eigenvalue weighted by Gasteiger charge is -2.13. The van der Waals surface area contributed by atoms with Crippen LogP contribution in [0.5, 0.6) is 0 Å². The monoisotopic (exact) mass is 286 g/mol. The lowest BCUT2D eigenvalue weighted by molar-refractivity contribution is -0.384. The Balaban J connectivity index is 2.81. The number of halogens is 1. The number of carbonyl (C=O) groups is 1. The quantitative estimate of drug-likeness (QED) is 0.643. The number of hydrogen-bond acceptors (Lipinski definition) is 4. The van der Waals surface area contributed by atoms with Crippen molar-refractivity contribution in [2.75, 3.05) is 13.7 Å². The first-order valence-electron chi connectivity index (χ1n) is 5.69. The molecule has 7 heteroatoms. The number of methoxy groups -OCH3 is 1. The molecule has 0 aliphatic rings. The summed E-state index contributed by atoms with van der Waals surface area (Å²) in [5.41, 5.74) is -0.0702. The molecule has 1 aromatic carbocycles. The van der Waals surface area contributed by atoms with E-state index < -0.39 is 10.8 Å². The summed E-state index contributed by atoms with van der Waals surface area (Å²) in [7, 11) is 1.58. The highest BCUT2D eigenvalue weighted by atomic mass is 35.5. The fourth-order valence-electron chi connectivity index (χ4n) is 1.47. The summed E-state index contributed by atoms with van der Waals surface area (Å²) in [4.78, 5) is 22.1. The summed E-state index contributed by atoms with van der Waals surface area (Å²) in [5.74, 6) is -0.433. The molecule has 6 nitrogen and oxygen atoms in total. The van der Waals surface area contributed by atoms with E-state index in [4.69, 9.17) is 16.3 Å². The zero-order valence-corrected chi connectivity index (χ0v) is 11.4. The molecular weight excluding hydrogens is 272 g/mol. The minimum Gasteiger partial charge on any atom is -0.385 e. The lowest BCUT2D eigenvalue weighted by Crippen LogP contribution is -2.33. The third-order valence-corrected chi connectivity index (χ3v) is 2.87. The molecule has 1 aromatic rings. The van der Waals surface area contributed by atoms with E-state index in [1.807, 2.05) is 6.92 Å². The van der Waals surface area contributed by atoms with Gasteiger partial charge in [-0.25, -0.2) is 0 Å². The summed E-state index contributed by atoms with van der Waals surface area (Å²) >= 11 is 5.88. The highest BCUT2D eigenvalue weighted by Gasteiger charge is 2.17. The first kappa shape index (κ1) is 15.4. The first-order valence-corrected chi connectivity index (χ1v) is 6.07. The lowest BCUT2D eigenvalue weighted by atomic mass is 10.1. The van der Waals surface area contributed by atoms with Gasteiger partial charge in [-0.2, -0.15) is 0 Å². The van der Waals surface area contributed by atoms with Gasteiger partial charge in [-0.05, 0) is 19.4 Å². The first-order chi connectivity index (χ1) is 8.95. The van der Waals surface area contributed by atoms with Crippen molar-refractivity contribution in [3.63, 3.8) is 0 Å². The average Bonchev–Trinajstić information content (AvgIpc) is 2.36. The molecule has 1 rings (SSSR count). The van der Waals surface area contributed by atoms with Crippen LogP contribution in [-0.4, -0.2) is 30.6 Å². The molecule has 1 atom stereocenters. The number of rotatable bonds is 6. The Hall–Kier alpha value is -1.66. The predicted octanol–water partition coefficient (Wildman–Crippen LogP) is 2.40. The van der Waals surface area contributed by atoms with Crippen molar-refractivity contribution < 1.29 is 14.5 Å². The van der Waals surface area contributed by atoms with Gasteiger partial charge in [0.2, 0.25) is 0 Å². The maximum absolute atomic E-state index is 12.0. The van der Waals surface area contributed by atoms with Crippen LogP contribution in [-0.2, 0) is 4.74 Å². The van der Waals surface area contributed by atoms with Crippen LogP contribution in [0.1, 0.15) is 23.7 Å². The zero-order valence-electron chi connectivity index (χ0n) is 10.7. The van der Waals surface area contributed by atoms with Crippen LogP contribution in [0.2, 0.25) is 5.02 Å². The van der Waals surface area contributed by atoms with Crippen LogP contribution in [0.25, 0.3) is 0 Å². The molecule has 104 valence electrons. The fraction of sp³-hybridized carbons (Fsp3) is 0.417. The normalized spacial score (nSPS) is 11.9. The highest BCUT2D eigenvalue weighted by Crippen LogP contribution is 2.22. The van der Waals surface area contributed by atoms with Gasteiger partial charge in [-0.3, -0.25) is 14.9 Å². The average molecular weight is 287 g/mol. The third-order valence-electron chi connectivity index (χ3n) is 2.54. The van der Waals surface area contributed by atoms with E-state index in [9.17, 15) is 14.9 Å². The molecule has 0 bridgehead atoms. The van der Waals surface area contributed by atoms with Crippen LogP contribution in [0.3, 0.4) is 0 Å². The van der Waals surface area contributed by atoms with E-state index in [2.05, 4.69) is 5.32 Å². The molecule has 0 aromatic heterocycles. The van der Waals surface area contributed by atoms with Gasteiger partial charge in [0.25, 0.3) is 11.6 Å². The van der Waals surface area contributed by atoms with Crippen LogP contribution >= 0.6 is 11.6 Å². The number of non-ortho nitro benzene ring substituents is 1. The van der Waals surface area contributed by atoms with Crippen molar-refractivity contribution >= 4 is 23.2 Å². The smallest absolute Gasteiger partial charge is 0.270 e. The molecule has 1 amide bonds. The van der Waals surface area contributed by atoms with Gasteiger partial charge in [0.15, 0.2) is 0 Å². The summed E-state index contributed by atoms with van der Waals surface area (Å²) in [6.07, 6.45) is 0.648. The van der Waals surface area contributed by atoms with Gasteiger partial charge in [-0.1, -0.05) is 11.6 Å². The Kier molecular flexibility index (Phi) is 5.72. The van der Waals surface area contributed by atoms with Gasteiger partial charge in [0.05, 0.1) is 15.5 Å². The number of nitrogens with one attached hydrogen (secondary N) is 1. The predicted molar refractivity (Wildman–Crippen MR) is 71.5 cm³/mol. The maximum atomic E-state index is 12.0. The van der Waals surface area contributed by atoms with Crippen molar-refractivity contribution in [1.82, 2.24) is 5.32 Å². The number of carbonyl (C=O) groups excluding carboxylic acids is 1. The zero-order chi connectivity index (χ0) is 14.4. The van der Waals surface area contributed by atoms with Crippen LogP contribution in [0, 0.1) is 10.1 Å². The van der Waals surface area contributed by atoms with Gasteiger partial charge >= 0.3 is 0 Å². The van der Waals surface area contributed by atoms with Gasteiger partial charge in [0, 0.05) is 31.9 Å². The SMILES string of the molecule is COCCC(C)NC(=O)c1cc([N+](=O)[O-])ccc1Cl. The maximum Gasteiger partial charge on any atom is 0.270 e. The number of ether oxygens (including phenoxy) is 1. The largest absolute Gasteiger partial charge is 0.385 e. The minimum atomic E-state index is -0.568. The highest BCUT2D eigenvalue weighted by molar-refractivity contribution is 6.33. The number of hydrogen-bond donors (Lipinski definition) is 1. The minimum absolute atomic E-state index is 0.0973. The van der Waals surface area contributed by atoms with Crippen molar-refractivity contribution in [2.24, 2.45) is 0 Å². The van der Waals surface area contributed by atoms with Crippen molar-refractivity contribution in [3.8, 4) is 0 Å². The Morgan fingerprint density at radius 2 is 2.26 bits per heavy atom. The van der Waals surface area contributed by atoms with Crippen LogP contribution in [0.4, 0.5) is 5.69 Å². The fourth-order valence-corrected chi connectivity index (χ4v) is 1.67. The topological polar surface area (TPSA) is 81.5 Å². The standard InChI is InChI=1S/C12H15ClN2O4/c1-8(5-6-19-2)14-12(16)10-7-9(15(17)18)3-4-11(10)13/h3-4,7-8H,5-6H2,1-2H3,(H,14,16). The molecule has 19 heavy (non-hydrogen) atoms. The molecule has 0 heterocycles. The van der Waals surface area contributed by atoms with Gasteiger partial charge in [-0.15, -0.1) is 0 Å². The Morgan fingerprint density at radius 3 is 2.84 bits per heavy atom. The molecular formula is C12H15ClN2O4. The molecule has 0 radical (unpaired) electrons. The van der Waals surface area contributed by atoms with E-state index in [-0.39, 0.29) is 22.3 Å². The molecule has 0 aliphatic carbocycles. The summed E-state index contributed by atoms with van der Waals surface area (Å²) in [5, 5.41) is 13.6. The van der Waals surface area contributed by atoms with E-state index >= 15 is 0 Å². The number of amides is 1. The molecule has 0 spiro atoms. The second kappa shape index (κ2) is 7.06. The van der Waals surface area contributed by atoms with Gasteiger partial charge < -0.3 is 10.1 Å². The van der Waals surface area contributed by atoms with E-state index in [0.717, 1.165) is 0 Å². The second-order valence-electron chi connectivity index (χ2n) is 4.08. The second-order valence-corrected chi connectivity index (χ2v) is 4.48. The van der Waals surface area contributed by atoms with Crippen molar-refractivity contribution in [1.29, 1.82) is 0 Å². The summed E-state index contributed by atoms with van der Waals surface area (Å²) in [6, 6.07) is 3.66. The molecule has 0 saturated heterocycles. The van der Waals surface area contributed by atoms with Crippen LogP contribution < -0.4 is 5.32 Å². The Labute approximate surface area is 115 Å². The van der Waals surface area contributed by atoms with Crippen molar-refractivity contribution in [3.05, 3.63) is 38.9 Å². The molecule has 0 aliphatic heterocycles. The van der Waals surface area contributed by atoms with Crippen LogP contribution in [0.15, 0.2) is 18.2 Å². The Morgan fingerprint density at radius 1 is 1.58 bits per heavy atom. The molecule has 0 saturated carbocycles. The van der Waals surface area contributed by atoms with Gasteiger partial charge in [0.1, 0.15) is 0 Å². The van der Waals surface area contributed by atoms with E-state index in [0.29, 0.717) is 13.0 Å². The number of nitrogens with zero attached hydrogens (tertiary/aromatic N) is 1. The summed E-state index contributed by atoms with van der Waals surface area (Å²) < 4.78 is 4.91. The molecule has 0 fully saturated rings. The van der Waals surface area contributed by atoms with E-state index in [1.165, 1.54) is 18.2 Å². The number of benzene rings is 1. The Bertz CT molecular complexity index is 479. The molecule has 1 unspecified atom stereocenters. The van der Waals surface area contributed by atoms with E-state index in [1.54, 1.807) is 7.11 Å². The summed E-state index contributed by atoms with van der Waals surface area (Å²) in [6.45, 7) is 2.34. The number of nitro benzene ring substituents is 1. The molecule has 1 N–H and O–H groups in total.